The van der Waals surface area contributed by atoms with Crippen molar-refractivity contribution in [1.82, 2.24) is 19.8 Å². The van der Waals surface area contributed by atoms with E-state index >= 15 is 0 Å². The number of nitrogens with zero attached hydrogens (tertiary/aromatic N) is 5. The largest absolute Gasteiger partial charge is 0.450 e. The minimum absolute atomic E-state index is 0.268. The maximum atomic E-state index is 12.2. The quantitative estimate of drug-likeness (QED) is 0.430. The molecule has 0 radical (unpaired) electrons. The summed E-state index contributed by atoms with van der Waals surface area (Å²) in [7, 11) is 0. The number of piperazine rings is 1. The molecule has 0 aliphatic carbocycles. The molecule has 0 bridgehead atoms. The first-order valence-electron chi connectivity index (χ1n) is 12.1. The summed E-state index contributed by atoms with van der Waals surface area (Å²) in [5, 5.41) is 1.56. The highest BCUT2D eigenvalue weighted by atomic mass is 35.5. The molecule has 0 N–H and O–H groups in total. The molecule has 1 saturated heterocycles. The van der Waals surface area contributed by atoms with E-state index in [-0.39, 0.29) is 6.09 Å². The smallest absolute Gasteiger partial charge is 0.409 e. The Balaban J connectivity index is 1.76. The lowest BCUT2D eigenvalue weighted by atomic mass is 10.1. The first kappa shape index (κ1) is 24.8. The number of ether oxygens (including phenoxy) is 1. The van der Waals surface area contributed by atoms with Crippen LogP contribution in [0.2, 0.25) is 5.02 Å². The summed E-state index contributed by atoms with van der Waals surface area (Å²) in [5.74, 6) is 1.42. The van der Waals surface area contributed by atoms with E-state index < -0.39 is 0 Å². The molecule has 7 nitrogen and oxygen atoms in total. The van der Waals surface area contributed by atoms with Gasteiger partial charge in [-0.05, 0) is 50.6 Å². The van der Waals surface area contributed by atoms with Crippen molar-refractivity contribution in [3.05, 3.63) is 59.6 Å². The number of anilines is 1. The summed E-state index contributed by atoms with van der Waals surface area (Å²) in [5.41, 5.74) is 3.63. The number of halogens is 1. The van der Waals surface area contributed by atoms with Crippen LogP contribution in [0, 0.1) is 0 Å². The maximum absolute atomic E-state index is 12.2. The van der Waals surface area contributed by atoms with Crippen molar-refractivity contribution in [1.29, 1.82) is 0 Å². The van der Waals surface area contributed by atoms with Crippen LogP contribution in [0.25, 0.3) is 28.0 Å². The summed E-state index contributed by atoms with van der Waals surface area (Å²) < 4.78 is 5.17. The fourth-order valence-corrected chi connectivity index (χ4v) is 4.62. The standard InChI is InChI=1S/C27H32ClN5O2/c1-5-31(6-2)19(4)20-12-13-22-24(18-20)29-25(21-10-8-9-11-23(21)28)30-26(22)32-14-16-33(17-15-32)27(34)35-7-3/h8-13,18H,4-7,14-17H2,1-3H3. The Morgan fingerprint density at radius 1 is 1.06 bits per heavy atom. The van der Waals surface area contributed by atoms with E-state index in [9.17, 15) is 4.79 Å². The van der Waals surface area contributed by atoms with E-state index in [1.807, 2.05) is 31.2 Å². The zero-order valence-electron chi connectivity index (χ0n) is 20.6. The SMILES string of the molecule is C=C(c1ccc2c(N3CCN(C(=O)OCC)CC3)nc(-c3ccccc3Cl)nc2c1)N(CC)CC. The van der Waals surface area contributed by atoms with Gasteiger partial charge < -0.3 is 19.4 Å². The van der Waals surface area contributed by atoms with E-state index in [0.717, 1.165) is 46.6 Å². The summed E-state index contributed by atoms with van der Waals surface area (Å²) in [6, 6.07) is 13.9. The molecule has 2 aromatic carbocycles. The topological polar surface area (TPSA) is 61.8 Å². The molecule has 8 heteroatoms. The van der Waals surface area contributed by atoms with Crippen molar-refractivity contribution in [2.45, 2.75) is 20.8 Å². The molecule has 0 unspecified atom stereocenters. The molecule has 2 heterocycles. The van der Waals surface area contributed by atoms with Crippen LogP contribution >= 0.6 is 11.6 Å². The molecule has 1 amide bonds. The number of benzene rings is 2. The predicted molar refractivity (Wildman–Crippen MR) is 143 cm³/mol. The third-order valence-corrected chi connectivity index (χ3v) is 6.70. The second-order valence-electron chi connectivity index (χ2n) is 8.37. The highest BCUT2D eigenvalue weighted by Crippen LogP contribution is 2.33. The van der Waals surface area contributed by atoms with Gasteiger partial charge in [0.05, 0.1) is 17.1 Å². The molecule has 35 heavy (non-hydrogen) atoms. The molecule has 1 aliphatic heterocycles. The van der Waals surface area contributed by atoms with Crippen LogP contribution in [0.3, 0.4) is 0 Å². The Kier molecular flexibility index (Phi) is 7.76. The van der Waals surface area contributed by atoms with Crippen LogP contribution in [0.5, 0.6) is 0 Å². The second kappa shape index (κ2) is 11.0. The minimum atomic E-state index is -0.268. The lowest BCUT2D eigenvalue weighted by molar-refractivity contribution is 0.105. The molecule has 1 aromatic heterocycles. The maximum Gasteiger partial charge on any atom is 0.409 e. The van der Waals surface area contributed by atoms with Crippen molar-refractivity contribution in [2.75, 3.05) is 50.8 Å². The molecule has 184 valence electrons. The summed E-state index contributed by atoms with van der Waals surface area (Å²) >= 11 is 6.52. The zero-order chi connectivity index (χ0) is 24.9. The number of carbonyl (C=O) groups excluding carboxylic acids is 1. The summed E-state index contributed by atoms with van der Waals surface area (Å²) in [6.07, 6.45) is -0.268. The van der Waals surface area contributed by atoms with Gasteiger partial charge in [-0.15, -0.1) is 0 Å². The van der Waals surface area contributed by atoms with Crippen LogP contribution in [-0.2, 0) is 4.74 Å². The number of aromatic nitrogens is 2. The van der Waals surface area contributed by atoms with Crippen LogP contribution in [0.15, 0.2) is 49.0 Å². The van der Waals surface area contributed by atoms with Crippen LogP contribution in [0.1, 0.15) is 26.3 Å². The van der Waals surface area contributed by atoms with E-state index in [0.29, 0.717) is 43.6 Å². The Morgan fingerprint density at radius 2 is 1.77 bits per heavy atom. The van der Waals surface area contributed by atoms with Gasteiger partial charge in [0.2, 0.25) is 0 Å². The number of hydrogen-bond donors (Lipinski definition) is 0. The third-order valence-electron chi connectivity index (χ3n) is 6.38. The average molecular weight is 494 g/mol. The van der Waals surface area contributed by atoms with E-state index in [4.69, 9.17) is 26.3 Å². The normalized spacial score (nSPS) is 13.7. The Morgan fingerprint density at radius 3 is 2.43 bits per heavy atom. The molecule has 0 spiro atoms. The van der Waals surface area contributed by atoms with Crippen molar-refractivity contribution >= 4 is 40.1 Å². The highest BCUT2D eigenvalue weighted by Gasteiger charge is 2.25. The molecule has 4 rings (SSSR count). The molecule has 0 saturated carbocycles. The monoisotopic (exact) mass is 493 g/mol. The molecular formula is C27H32ClN5O2. The summed E-state index contributed by atoms with van der Waals surface area (Å²) in [6.45, 7) is 15.0. The second-order valence-corrected chi connectivity index (χ2v) is 8.78. The van der Waals surface area contributed by atoms with Crippen molar-refractivity contribution in [3.63, 3.8) is 0 Å². The number of amides is 1. The van der Waals surface area contributed by atoms with Crippen LogP contribution in [0.4, 0.5) is 10.6 Å². The molecule has 3 aromatic rings. The van der Waals surface area contributed by atoms with Crippen LogP contribution < -0.4 is 4.90 Å². The number of fused-ring (bicyclic) bond motifs is 1. The van der Waals surface area contributed by atoms with Gasteiger partial charge in [0.25, 0.3) is 0 Å². The van der Waals surface area contributed by atoms with Crippen molar-refractivity contribution in [2.24, 2.45) is 0 Å². The predicted octanol–water partition coefficient (Wildman–Crippen LogP) is 5.54. The van der Waals surface area contributed by atoms with Gasteiger partial charge in [0.15, 0.2) is 5.82 Å². The highest BCUT2D eigenvalue weighted by molar-refractivity contribution is 6.33. The van der Waals surface area contributed by atoms with Gasteiger partial charge in [0.1, 0.15) is 5.82 Å². The number of rotatable bonds is 7. The lowest BCUT2D eigenvalue weighted by Crippen LogP contribution is -2.49. The molecular weight excluding hydrogens is 462 g/mol. The fourth-order valence-electron chi connectivity index (χ4n) is 4.40. The minimum Gasteiger partial charge on any atom is -0.450 e. The van der Waals surface area contributed by atoms with Gasteiger partial charge >= 0.3 is 6.09 Å². The van der Waals surface area contributed by atoms with Crippen molar-refractivity contribution < 1.29 is 9.53 Å². The van der Waals surface area contributed by atoms with E-state index in [1.165, 1.54) is 0 Å². The first-order valence-corrected chi connectivity index (χ1v) is 12.5. The van der Waals surface area contributed by atoms with Gasteiger partial charge in [-0.3, -0.25) is 0 Å². The van der Waals surface area contributed by atoms with E-state index in [1.54, 1.807) is 4.90 Å². The molecule has 1 aliphatic rings. The summed E-state index contributed by atoms with van der Waals surface area (Å²) in [4.78, 5) is 28.2. The first-order chi connectivity index (χ1) is 17.0. The Labute approximate surface area is 212 Å². The van der Waals surface area contributed by atoms with Gasteiger partial charge in [-0.1, -0.05) is 36.4 Å². The van der Waals surface area contributed by atoms with Crippen LogP contribution in [-0.4, -0.2) is 71.7 Å². The van der Waals surface area contributed by atoms with Gasteiger partial charge in [-0.25, -0.2) is 14.8 Å². The van der Waals surface area contributed by atoms with Gasteiger partial charge in [0, 0.05) is 55.9 Å². The average Bonchev–Trinajstić information content (AvgIpc) is 2.89. The van der Waals surface area contributed by atoms with E-state index in [2.05, 4.69) is 48.4 Å². The number of carbonyl (C=O) groups is 1. The molecule has 1 fully saturated rings. The van der Waals surface area contributed by atoms with Crippen molar-refractivity contribution in [3.8, 4) is 11.4 Å². The fraction of sp³-hybridized carbons (Fsp3) is 0.370. The lowest BCUT2D eigenvalue weighted by Gasteiger charge is -2.35. The Bertz CT molecular complexity index is 1220. The Hall–Kier alpha value is -3.32. The third kappa shape index (κ3) is 5.20. The molecule has 0 atom stereocenters. The zero-order valence-corrected chi connectivity index (χ0v) is 21.4. The number of hydrogen-bond acceptors (Lipinski definition) is 6. The van der Waals surface area contributed by atoms with Gasteiger partial charge in [-0.2, -0.15) is 0 Å².